The number of hydrogen-bond acceptors (Lipinski definition) is 6. The Morgan fingerprint density at radius 2 is 2.17 bits per heavy atom. The molecule has 6 nitrogen and oxygen atoms in total. The molecule has 2 aromatic rings. The van der Waals surface area contributed by atoms with Crippen LogP contribution in [0.25, 0.3) is 11.6 Å². The summed E-state index contributed by atoms with van der Waals surface area (Å²) in [6, 6.07) is 0. The average Bonchev–Trinajstić information content (AvgIpc) is 3.11. The summed E-state index contributed by atoms with van der Waals surface area (Å²) in [5.74, 6) is 2.40. The minimum atomic E-state index is 0.414. The van der Waals surface area contributed by atoms with Gasteiger partial charge in [0.1, 0.15) is 6.26 Å². The molecule has 5 rings (SSSR count). The van der Waals surface area contributed by atoms with Crippen LogP contribution in [0.2, 0.25) is 0 Å². The summed E-state index contributed by atoms with van der Waals surface area (Å²) in [5.41, 5.74) is 0.607. The minimum Gasteiger partial charge on any atom is -0.451 e. The smallest absolute Gasteiger partial charge is 0.279 e. The van der Waals surface area contributed by atoms with E-state index in [4.69, 9.17) is 8.94 Å². The molecule has 3 saturated heterocycles. The summed E-state index contributed by atoms with van der Waals surface area (Å²) in [6.07, 6.45) is 5.39. The summed E-state index contributed by atoms with van der Waals surface area (Å²) < 4.78 is 10.2. The van der Waals surface area contributed by atoms with Crippen molar-refractivity contribution in [2.24, 2.45) is 5.92 Å². The van der Waals surface area contributed by atoms with E-state index in [0.717, 1.165) is 12.4 Å². The van der Waals surface area contributed by atoms with Gasteiger partial charge in [-0.05, 0) is 31.8 Å². The second kappa shape index (κ2) is 3.91. The van der Waals surface area contributed by atoms with Gasteiger partial charge < -0.3 is 13.8 Å². The van der Waals surface area contributed by atoms with Crippen LogP contribution in [-0.4, -0.2) is 39.7 Å². The molecule has 3 aliphatic heterocycles. The summed E-state index contributed by atoms with van der Waals surface area (Å²) >= 11 is 0. The zero-order chi connectivity index (χ0) is 11.9. The Hall–Kier alpha value is -1.69. The van der Waals surface area contributed by atoms with Crippen LogP contribution in [0, 0.1) is 5.92 Å². The van der Waals surface area contributed by atoms with Gasteiger partial charge in [-0.2, -0.15) is 4.98 Å². The molecule has 6 heteroatoms. The van der Waals surface area contributed by atoms with Crippen molar-refractivity contribution in [2.45, 2.75) is 18.8 Å². The summed E-state index contributed by atoms with van der Waals surface area (Å²) in [6.45, 7) is 3.49. The van der Waals surface area contributed by atoms with Crippen molar-refractivity contribution in [1.29, 1.82) is 0 Å². The van der Waals surface area contributed by atoms with E-state index in [0.29, 0.717) is 23.4 Å². The minimum absolute atomic E-state index is 0.414. The molecule has 94 valence electrons. The molecule has 3 fully saturated rings. The third-order valence-corrected chi connectivity index (χ3v) is 4.08. The highest BCUT2D eigenvalue weighted by molar-refractivity contribution is 5.43. The molecule has 0 saturated carbocycles. The quantitative estimate of drug-likeness (QED) is 0.800. The third-order valence-electron chi connectivity index (χ3n) is 4.08. The fourth-order valence-electron chi connectivity index (χ4n) is 3.07. The van der Waals surface area contributed by atoms with Crippen molar-refractivity contribution >= 4 is 0 Å². The first kappa shape index (κ1) is 10.3. The molecule has 0 spiro atoms. The van der Waals surface area contributed by atoms with Gasteiger partial charge in [-0.3, -0.25) is 0 Å². The lowest BCUT2D eigenvalue weighted by Gasteiger charge is -2.43. The molecule has 1 unspecified atom stereocenters. The molecular formula is C12H14N4O2. The largest absolute Gasteiger partial charge is 0.451 e. The molecule has 18 heavy (non-hydrogen) atoms. The van der Waals surface area contributed by atoms with E-state index in [1.54, 1.807) is 0 Å². The Morgan fingerprint density at radius 3 is 2.83 bits per heavy atom. The highest BCUT2D eigenvalue weighted by atomic mass is 16.5. The Kier molecular flexibility index (Phi) is 2.23. The Bertz CT molecular complexity index is 528. The van der Waals surface area contributed by atoms with Crippen LogP contribution in [0.15, 0.2) is 21.6 Å². The van der Waals surface area contributed by atoms with Crippen molar-refractivity contribution < 1.29 is 8.94 Å². The first-order chi connectivity index (χ1) is 8.90. The lowest BCUT2D eigenvalue weighted by molar-refractivity contribution is 0.0825. The molecule has 2 aromatic heterocycles. The third kappa shape index (κ3) is 1.56. The van der Waals surface area contributed by atoms with E-state index >= 15 is 0 Å². The molecule has 5 heterocycles. The van der Waals surface area contributed by atoms with Crippen molar-refractivity contribution in [1.82, 2.24) is 20.0 Å². The van der Waals surface area contributed by atoms with Crippen molar-refractivity contribution in [3.8, 4) is 11.6 Å². The van der Waals surface area contributed by atoms with Gasteiger partial charge in [-0.1, -0.05) is 5.16 Å². The monoisotopic (exact) mass is 246 g/mol. The van der Waals surface area contributed by atoms with Crippen LogP contribution in [0.3, 0.4) is 0 Å². The van der Waals surface area contributed by atoms with Crippen molar-refractivity contribution in [2.75, 3.05) is 19.6 Å². The number of nitrogens with zero attached hydrogens (tertiary/aromatic N) is 4. The average molecular weight is 246 g/mol. The first-order valence-electron chi connectivity index (χ1n) is 6.34. The van der Waals surface area contributed by atoms with Crippen molar-refractivity contribution in [3.05, 3.63) is 18.5 Å². The maximum Gasteiger partial charge on any atom is 0.279 e. The number of rotatable bonds is 2. The molecule has 3 aliphatic rings. The van der Waals surface area contributed by atoms with E-state index < -0.39 is 0 Å². The number of fused-ring (bicyclic) bond motifs is 3. The second-order valence-corrected chi connectivity index (χ2v) is 5.08. The standard InChI is InChI=1S/C12H14N4O2/c1-3-16-4-2-8(1)9(5-16)11-14-12(18-15-11)10-6-17-7-13-10/h6-9H,1-5H2. The number of piperidine rings is 3. The lowest BCUT2D eigenvalue weighted by atomic mass is 9.79. The maximum atomic E-state index is 5.27. The molecule has 0 N–H and O–H groups in total. The van der Waals surface area contributed by atoms with Gasteiger partial charge >= 0.3 is 0 Å². The van der Waals surface area contributed by atoms with E-state index in [-0.39, 0.29) is 0 Å². The van der Waals surface area contributed by atoms with Crippen LogP contribution in [0.1, 0.15) is 24.6 Å². The van der Waals surface area contributed by atoms with Crippen LogP contribution in [-0.2, 0) is 0 Å². The fourth-order valence-corrected chi connectivity index (χ4v) is 3.07. The van der Waals surface area contributed by atoms with E-state index in [1.165, 1.54) is 38.6 Å². The summed E-state index contributed by atoms with van der Waals surface area (Å²) in [5, 5.41) is 4.12. The van der Waals surface area contributed by atoms with E-state index in [2.05, 4.69) is 20.0 Å². The van der Waals surface area contributed by atoms with E-state index in [9.17, 15) is 0 Å². The number of hydrogen-bond donors (Lipinski definition) is 0. The Labute approximate surface area is 104 Å². The van der Waals surface area contributed by atoms with Gasteiger partial charge in [0.25, 0.3) is 5.89 Å². The van der Waals surface area contributed by atoms with Crippen LogP contribution in [0.5, 0.6) is 0 Å². The van der Waals surface area contributed by atoms with Gasteiger partial charge in [-0.25, -0.2) is 4.98 Å². The maximum absolute atomic E-state index is 5.27. The second-order valence-electron chi connectivity index (χ2n) is 5.08. The zero-order valence-electron chi connectivity index (χ0n) is 9.95. The molecule has 1 atom stereocenters. The molecule has 2 bridgehead atoms. The van der Waals surface area contributed by atoms with Gasteiger partial charge in [0.05, 0.1) is 0 Å². The van der Waals surface area contributed by atoms with Crippen LogP contribution < -0.4 is 0 Å². The predicted octanol–water partition coefficient (Wildman–Crippen LogP) is 1.53. The Balaban J connectivity index is 1.62. The van der Waals surface area contributed by atoms with Gasteiger partial charge in [0, 0.05) is 12.5 Å². The van der Waals surface area contributed by atoms with Crippen LogP contribution in [0.4, 0.5) is 0 Å². The normalized spacial score (nSPS) is 30.8. The summed E-state index contributed by atoms with van der Waals surface area (Å²) in [7, 11) is 0. The molecular weight excluding hydrogens is 232 g/mol. The topological polar surface area (TPSA) is 68.2 Å². The number of oxazole rings is 1. The molecule has 0 radical (unpaired) electrons. The Morgan fingerprint density at radius 1 is 1.28 bits per heavy atom. The van der Waals surface area contributed by atoms with Gasteiger partial charge in [0.2, 0.25) is 0 Å². The highest BCUT2D eigenvalue weighted by Gasteiger charge is 2.37. The highest BCUT2D eigenvalue weighted by Crippen LogP contribution is 2.38. The van der Waals surface area contributed by atoms with Gasteiger partial charge in [0.15, 0.2) is 17.9 Å². The molecule has 0 aliphatic carbocycles. The molecule has 0 aromatic carbocycles. The first-order valence-corrected chi connectivity index (χ1v) is 6.34. The lowest BCUT2D eigenvalue weighted by Crippen LogP contribution is -2.46. The van der Waals surface area contributed by atoms with Crippen molar-refractivity contribution in [3.63, 3.8) is 0 Å². The van der Waals surface area contributed by atoms with Gasteiger partial charge in [-0.15, -0.1) is 0 Å². The molecule has 0 amide bonds. The fraction of sp³-hybridized carbons (Fsp3) is 0.583. The SMILES string of the molecule is c1nc(-c2nc(C3CN4CCC3CC4)no2)co1. The number of aromatic nitrogens is 3. The summed E-state index contributed by atoms with van der Waals surface area (Å²) in [4.78, 5) is 11.0. The zero-order valence-corrected chi connectivity index (χ0v) is 9.95. The predicted molar refractivity (Wildman–Crippen MR) is 61.7 cm³/mol. The van der Waals surface area contributed by atoms with Crippen LogP contribution >= 0.6 is 0 Å². The van der Waals surface area contributed by atoms with E-state index in [1.807, 2.05) is 0 Å².